The first-order valence-corrected chi connectivity index (χ1v) is 8.65. The van der Waals surface area contributed by atoms with Gasteiger partial charge in [0.15, 0.2) is 0 Å². The molecule has 5 nitrogen and oxygen atoms in total. The van der Waals surface area contributed by atoms with Gasteiger partial charge in [-0.25, -0.2) is 0 Å². The Labute approximate surface area is 150 Å². The van der Waals surface area contributed by atoms with Crippen molar-refractivity contribution in [3.63, 3.8) is 0 Å². The van der Waals surface area contributed by atoms with Crippen LogP contribution in [0.25, 0.3) is 0 Å². The predicted octanol–water partition coefficient (Wildman–Crippen LogP) is 2.42. The summed E-state index contributed by atoms with van der Waals surface area (Å²) in [7, 11) is 0. The summed E-state index contributed by atoms with van der Waals surface area (Å²) < 4.78 is 37.7. The number of benzene rings is 1. The number of nitrogens with zero attached hydrogens (tertiary/aromatic N) is 1. The summed E-state index contributed by atoms with van der Waals surface area (Å²) in [6.45, 7) is 5.51. The van der Waals surface area contributed by atoms with Crippen LogP contribution in [0.4, 0.5) is 13.2 Å². The molecule has 1 heterocycles. The molecule has 0 bridgehead atoms. The number of hydrogen-bond donors (Lipinski definition) is 2. The van der Waals surface area contributed by atoms with Gasteiger partial charge in [0.1, 0.15) is 0 Å². The van der Waals surface area contributed by atoms with Crippen LogP contribution in [-0.4, -0.2) is 48.4 Å². The molecule has 1 aromatic carbocycles. The number of piperidine rings is 1. The van der Waals surface area contributed by atoms with Crippen molar-refractivity contribution in [2.75, 3.05) is 19.6 Å². The molecule has 0 atom stereocenters. The van der Waals surface area contributed by atoms with Gasteiger partial charge in [0.05, 0.1) is 12.1 Å². The van der Waals surface area contributed by atoms with E-state index < -0.39 is 11.7 Å². The fourth-order valence-corrected chi connectivity index (χ4v) is 2.89. The lowest BCUT2D eigenvalue weighted by Gasteiger charge is -2.32. The molecule has 1 fully saturated rings. The van der Waals surface area contributed by atoms with Gasteiger partial charge in [-0.15, -0.1) is 0 Å². The lowest BCUT2D eigenvalue weighted by Crippen LogP contribution is -2.48. The predicted molar refractivity (Wildman–Crippen MR) is 91.7 cm³/mol. The fraction of sp³-hybridized carbons (Fsp3) is 0.556. The molecule has 1 saturated heterocycles. The minimum Gasteiger partial charge on any atom is -0.353 e. The van der Waals surface area contributed by atoms with Crippen LogP contribution in [0.5, 0.6) is 0 Å². The number of hydrogen-bond acceptors (Lipinski definition) is 3. The topological polar surface area (TPSA) is 61.4 Å². The quantitative estimate of drug-likeness (QED) is 0.836. The Morgan fingerprint density at radius 3 is 2.23 bits per heavy atom. The zero-order chi connectivity index (χ0) is 19.3. The summed E-state index contributed by atoms with van der Waals surface area (Å²) in [5.74, 6) is -0.401. The molecule has 144 valence electrons. The fourth-order valence-electron chi connectivity index (χ4n) is 2.89. The zero-order valence-corrected chi connectivity index (χ0v) is 14.9. The van der Waals surface area contributed by atoms with E-state index >= 15 is 0 Å². The molecule has 1 aliphatic rings. The van der Waals surface area contributed by atoms with Crippen molar-refractivity contribution >= 4 is 11.8 Å². The number of halogens is 3. The van der Waals surface area contributed by atoms with Gasteiger partial charge in [0, 0.05) is 30.7 Å². The minimum atomic E-state index is -4.41. The molecular formula is C18H24F3N3O2. The van der Waals surface area contributed by atoms with E-state index in [0.717, 1.165) is 12.1 Å². The second-order valence-corrected chi connectivity index (χ2v) is 6.82. The van der Waals surface area contributed by atoms with Crippen LogP contribution in [0.1, 0.15) is 42.6 Å². The Morgan fingerprint density at radius 1 is 1.15 bits per heavy atom. The molecule has 1 aliphatic heterocycles. The van der Waals surface area contributed by atoms with Crippen molar-refractivity contribution in [2.45, 2.75) is 44.9 Å². The van der Waals surface area contributed by atoms with Gasteiger partial charge in [-0.1, -0.05) is 0 Å². The van der Waals surface area contributed by atoms with E-state index in [9.17, 15) is 22.8 Å². The van der Waals surface area contributed by atoms with E-state index in [-0.39, 0.29) is 29.5 Å². The van der Waals surface area contributed by atoms with Gasteiger partial charge in [0.25, 0.3) is 5.91 Å². The summed E-state index contributed by atoms with van der Waals surface area (Å²) >= 11 is 0. The minimum absolute atomic E-state index is 0.0211. The van der Waals surface area contributed by atoms with Crippen LogP contribution in [0, 0.1) is 0 Å². The van der Waals surface area contributed by atoms with Gasteiger partial charge in [-0.2, -0.15) is 13.2 Å². The number of nitrogens with one attached hydrogen (secondary N) is 2. The highest BCUT2D eigenvalue weighted by Crippen LogP contribution is 2.29. The third-order valence-electron chi connectivity index (χ3n) is 4.21. The SMILES string of the molecule is CC(C)NC(=O)CN1CCC(NC(=O)c2ccc(C(F)(F)F)cc2)CC1. The van der Waals surface area contributed by atoms with Crippen LogP contribution in [0.3, 0.4) is 0 Å². The second kappa shape index (κ2) is 8.53. The van der Waals surface area contributed by atoms with Crippen molar-refractivity contribution in [1.82, 2.24) is 15.5 Å². The van der Waals surface area contributed by atoms with E-state index in [0.29, 0.717) is 32.5 Å². The van der Waals surface area contributed by atoms with E-state index in [1.165, 1.54) is 12.1 Å². The Bertz CT molecular complexity index is 622. The van der Waals surface area contributed by atoms with Gasteiger partial charge in [-0.05, 0) is 51.0 Å². The van der Waals surface area contributed by atoms with Crippen molar-refractivity contribution in [1.29, 1.82) is 0 Å². The third kappa shape index (κ3) is 6.01. The first-order chi connectivity index (χ1) is 12.1. The first-order valence-electron chi connectivity index (χ1n) is 8.65. The van der Waals surface area contributed by atoms with Gasteiger partial charge < -0.3 is 10.6 Å². The molecule has 0 radical (unpaired) electrons. The van der Waals surface area contributed by atoms with Gasteiger partial charge in [0.2, 0.25) is 5.91 Å². The van der Waals surface area contributed by atoms with Crippen LogP contribution < -0.4 is 10.6 Å². The molecule has 0 spiro atoms. The maximum Gasteiger partial charge on any atom is 0.416 e. The monoisotopic (exact) mass is 371 g/mol. The summed E-state index contributed by atoms with van der Waals surface area (Å²) in [5, 5.41) is 5.69. The van der Waals surface area contributed by atoms with Crippen LogP contribution in [0.15, 0.2) is 24.3 Å². The van der Waals surface area contributed by atoms with Gasteiger partial charge in [-0.3, -0.25) is 14.5 Å². The molecule has 1 aromatic rings. The van der Waals surface area contributed by atoms with Crippen LogP contribution in [-0.2, 0) is 11.0 Å². The lowest BCUT2D eigenvalue weighted by molar-refractivity contribution is -0.137. The lowest BCUT2D eigenvalue weighted by atomic mass is 10.0. The van der Waals surface area contributed by atoms with Crippen LogP contribution in [0.2, 0.25) is 0 Å². The Morgan fingerprint density at radius 2 is 1.73 bits per heavy atom. The molecule has 2 N–H and O–H groups in total. The summed E-state index contributed by atoms with van der Waals surface area (Å²) in [5.41, 5.74) is -0.571. The number of alkyl halides is 3. The molecule has 0 unspecified atom stereocenters. The van der Waals surface area contributed by atoms with Crippen molar-refractivity contribution in [2.24, 2.45) is 0 Å². The number of amides is 2. The third-order valence-corrected chi connectivity index (χ3v) is 4.21. The number of carbonyl (C=O) groups is 2. The van der Waals surface area contributed by atoms with Crippen molar-refractivity contribution in [3.05, 3.63) is 35.4 Å². The summed E-state index contributed by atoms with van der Waals surface area (Å²) in [4.78, 5) is 26.0. The molecule has 8 heteroatoms. The maximum absolute atomic E-state index is 12.6. The smallest absolute Gasteiger partial charge is 0.353 e. The Hall–Kier alpha value is -2.09. The second-order valence-electron chi connectivity index (χ2n) is 6.82. The largest absolute Gasteiger partial charge is 0.416 e. The standard InChI is InChI=1S/C18H24F3N3O2/c1-12(2)22-16(25)11-24-9-7-15(8-10-24)23-17(26)13-3-5-14(6-4-13)18(19,20)21/h3-6,12,15H,7-11H2,1-2H3,(H,22,25)(H,23,26). The van der Waals surface area contributed by atoms with Gasteiger partial charge >= 0.3 is 6.18 Å². The zero-order valence-electron chi connectivity index (χ0n) is 14.9. The van der Waals surface area contributed by atoms with E-state index in [1.807, 2.05) is 18.7 Å². The molecule has 0 aliphatic carbocycles. The molecular weight excluding hydrogens is 347 g/mol. The van der Waals surface area contributed by atoms with Crippen molar-refractivity contribution in [3.8, 4) is 0 Å². The van der Waals surface area contributed by atoms with Crippen LogP contribution >= 0.6 is 0 Å². The molecule has 2 amide bonds. The normalized spacial score (nSPS) is 16.5. The molecule has 2 rings (SSSR count). The number of likely N-dealkylation sites (tertiary alicyclic amines) is 1. The average molecular weight is 371 g/mol. The maximum atomic E-state index is 12.6. The summed E-state index contributed by atoms with van der Waals surface area (Å²) in [6, 6.07) is 4.24. The number of carbonyl (C=O) groups excluding carboxylic acids is 2. The number of rotatable bonds is 5. The molecule has 0 saturated carbocycles. The highest BCUT2D eigenvalue weighted by Gasteiger charge is 2.30. The Balaban J connectivity index is 1.80. The average Bonchev–Trinajstić information content (AvgIpc) is 2.55. The Kier molecular flexibility index (Phi) is 6.63. The molecule has 0 aromatic heterocycles. The highest BCUT2D eigenvalue weighted by molar-refractivity contribution is 5.94. The highest BCUT2D eigenvalue weighted by atomic mass is 19.4. The summed E-state index contributed by atoms with van der Waals surface area (Å²) in [6.07, 6.45) is -3.02. The van der Waals surface area contributed by atoms with E-state index in [4.69, 9.17) is 0 Å². The van der Waals surface area contributed by atoms with Crippen molar-refractivity contribution < 1.29 is 22.8 Å². The first kappa shape index (κ1) is 20.2. The van der Waals surface area contributed by atoms with E-state index in [1.54, 1.807) is 0 Å². The molecule has 26 heavy (non-hydrogen) atoms. The van der Waals surface area contributed by atoms with E-state index in [2.05, 4.69) is 10.6 Å².